The molecule has 0 saturated carbocycles. The molecular formula is C24H23N3O5. The highest BCUT2D eigenvalue weighted by Crippen LogP contribution is 2.38. The number of hydrogen-bond donors (Lipinski definition) is 1. The van der Waals surface area contributed by atoms with E-state index in [2.05, 4.69) is 10.3 Å². The second-order valence-corrected chi connectivity index (χ2v) is 7.15. The van der Waals surface area contributed by atoms with Gasteiger partial charge in [-0.2, -0.15) is 0 Å². The van der Waals surface area contributed by atoms with Gasteiger partial charge in [0.1, 0.15) is 0 Å². The van der Waals surface area contributed by atoms with Crippen LogP contribution in [0.2, 0.25) is 0 Å². The van der Waals surface area contributed by atoms with Crippen LogP contribution in [0.3, 0.4) is 0 Å². The lowest BCUT2D eigenvalue weighted by molar-refractivity contribution is 0.0988. The smallest absolute Gasteiger partial charge is 0.258 e. The summed E-state index contributed by atoms with van der Waals surface area (Å²) in [5.74, 6) is 0.753. The van der Waals surface area contributed by atoms with Crippen molar-refractivity contribution in [2.75, 3.05) is 38.1 Å². The van der Waals surface area contributed by atoms with Gasteiger partial charge in [-0.3, -0.25) is 14.6 Å². The first-order valence-electron chi connectivity index (χ1n) is 10.0. The Morgan fingerprint density at radius 1 is 0.906 bits per heavy atom. The van der Waals surface area contributed by atoms with Crippen LogP contribution in [-0.2, 0) is 6.42 Å². The molecule has 8 nitrogen and oxygen atoms in total. The molecule has 8 heteroatoms. The normalized spacial score (nSPS) is 12.2. The third kappa shape index (κ3) is 3.94. The van der Waals surface area contributed by atoms with E-state index in [4.69, 9.17) is 14.2 Å². The molecule has 1 aromatic heterocycles. The third-order valence-corrected chi connectivity index (χ3v) is 5.34. The number of carbonyl (C=O) groups is 2. The first-order valence-corrected chi connectivity index (χ1v) is 10.0. The van der Waals surface area contributed by atoms with E-state index in [-0.39, 0.29) is 11.8 Å². The zero-order chi connectivity index (χ0) is 22.7. The summed E-state index contributed by atoms with van der Waals surface area (Å²) in [6, 6.07) is 12.1. The van der Waals surface area contributed by atoms with Gasteiger partial charge >= 0.3 is 0 Å². The van der Waals surface area contributed by atoms with E-state index < -0.39 is 0 Å². The van der Waals surface area contributed by atoms with E-state index in [1.807, 2.05) is 18.2 Å². The van der Waals surface area contributed by atoms with Gasteiger partial charge in [0.15, 0.2) is 11.5 Å². The Labute approximate surface area is 185 Å². The number of aromatic nitrogens is 1. The molecule has 3 aromatic rings. The van der Waals surface area contributed by atoms with E-state index in [0.717, 1.165) is 17.7 Å². The Morgan fingerprint density at radius 2 is 1.59 bits per heavy atom. The predicted octanol–water partition coefficient (Wildman–Crippen LogP) is 3.56. The number of benzene rings is 2. The van der Waals surface area contributed by atoms with Crippen LogP contribution in [0.15, 0.2) is 54.9 Å². The van der Waals surface area contributed by atoms with Gasteiger partial charge in [0, 0.05) is 41.4 Å². The molecule has 0 spiro atoms. The molecular weight excluding hydrogens is 410 g/mol. The van der Waals surface area contributed by atoms with Crippen molar-refractivity contribution in [1.29, 1.82) is 0 Å². The lowest BCUT2D eigenvalue weighted by atomic mass is 10.1. The summed E-state index contributed by atoms with van der Waals surface area (Å²) in [5, 5.41) is 2.89. The molecule has 2 heterocycles. The first-order chi connectivity index (χ1) is 15.5. The topological polar surface area (TPSA) is 90.0 Å². The predicted molar refractivity (Wildman–Crippen MR) is 120 cm³/mol. The lowest BCUT2D eigenvalue weighted by Gasteiger charge is -2.18. The van der Waals surface area contributed by atoms with Gasteiger partial charge in [-0.25, -0.2) is 0 Å². The van der Waals surface area contributed by atoms with Crippen LogP contribution >= 0.6 is 0 Å². The molecule has 1 N–H and O–H groups in total. The van der Waals surface area contributed by atoms with Crippen molar-refractivity contribution in [1.82, 2.24) is 4.98 Å². The monoisotopic (exact) mass is 433 g/mol. The highest BCUT2D eigenvalue weighted by Gasteiger charge is 2.26. The van der Waals surface area contributed by atoms with E-state index in [9.17, 15) is 9.59 Å². The fourth-order valence-corrected chi connectivity index (χ4v) is 3.73. The number of anilines is 2. The maximum Gasteiger partial charge on any atom is 0.258 e. The van der Waals surface area contributed by atoms with Crippen molar-refractivity contribution in [3.05, 3.63) is 71.5 Å². The first kappa shape index (κ1) is 21.2. The number of nitrogens with one attached hydrogen (secondary N) is 1. The summed E-state index contributed by atoms with van der Waals surface area (Å²) < 4.78 is 16.0. The average Bonchev–Trinajstić information content (AvgIpc) is 3.26. The molecule has 0 aliphatic carbocycles. The molecule has 1 aliphatic rings. The van der Waals surface area contributed by atoms with Crippen molar-refractivity contribution in [3.63, 3.8) is 0 Å². The number of methoxy groups -OCH3 is 3. The van der Waals surface area contributed by atoms with Crippen LogP contribution in [0.5, 0.6) is 17.2 Å². The van der Waals surface area contributed by atoms with Crippen LogP contribution in [-0.4, -0.2) is 44.7 Å². The standard InChI is InChI=1S/C24H23N3O5/c1-30-20-12-17(13-21(31-2)22(20)32-3)23(28)26-18-5-4-15-8-11-27(19(15)14-18)24(29)16-6-9-25-10-7-16/h4-7,9-10,12-14H,8,11H2,1-3H3,(H,26,28). The SMILES string of the molecule is COc1cc(C(=O)Nc2ccc3c(c2)N(C(=O)c2ccncc2)CC3)cc(OC)c1OC. The number of carbonyl (C=O) groups excluding carboxylic acids is 2. The Bertz CT molecular complexity index is 1140. The van der Waals surface area contributed by atoms with Gasteiger partial charge in [0.25, 0.3) is 11.8 Å². The molecule has 0 atom stereocenters. The number of ether oxygens (including phenoxy) is 3. The number of nitrogens with zero attached hydrogens (tertiary/aromatic N) is 2. The molecule has 0 unspecified atom stereocenters. The average molecular weight is 433 g/mol. The molecule has 4 rings (SSSR count). The largest absolute Gasteiger partial charge is 0.493 e. The second-order valence-electron chi connectivity index (χ2n) is 7.15. The number of rotatable bonds is 6. The summed E-state index contributed by atoms with van der Waals surface area (Å²) in [5.41, 5.74) is 3.34. The summed E-state index contributed by atoms with van der Waals surface area (Å²) in [7, 11) is 4.49. The molecule has 0 bridgehead atoms. The van der Waals surface area contributed by atoms with Gasteiger partial charge in [-0.15, -0.1) is 0 Å². The molecule has 0 radical (unpaired) electrons. The van der Waals surface area contributed by atoms with E-state index in [1.165, 1.54) is 21.3 Å². The van der Waals surface area contributed by atoms with Gasteiger partial charge in [-0.1, -0.05) is 6.07 Å². The maximum atomic E-state index is 12.9. The minimum Gasteiger partial charge on any atom is -0.493 e. The third-order valence-electron chi connectivity index (χ3n) is 5.34. The maximum absolute atomic E-state index is 12.9. The summed E-state index contributed by atoms with van der Waals surface area (Å²) in [4.78, 5) is 31.6. The zero-order valence-electron chi connectivity index (χ0n) is 18.0. The molecule has 0 fully saturated rings. The van der Waals surface area contributed by atoms with E-state index in [0.29, 0.717) is 40.6 Å². The number of hydrogen-bond acceptors (Lipinski definition) is 6. The fraction of sp³-hybridized carbons (Fsp3) is 0.208. The summed E-state index contributed by atoms with van der Waals surface area (Å²) >= 11 is 0. The van der Waals surface area contributed by atoms with Gasteiger partial charge in [-0.05, 0) is 48.4 Å². The molecule has 1 aliphatic heterocycles. The Balaban J connectivity index is 1.59. The molecule has 0 saturated heterocycles. The Kier molecular flexibility index (Phi) is 5.93. The van der Waals surface area contributed by atoms with Crippen molar-refractivity contribution < 1.29 is 23.8 Å². The minimum absolute atomic E-state index is 0.0979. The lowest BCUT2D eigenvalue weighted by Crippen LogP contribution is -2.28. The van der Waals surface area contributed by atoms with Crippen LogP contribution in [0.1, 0.15) is 26.3 Å². The quantitative estimate of drug-likeness (QED) is 0.639. The van der Waals surface area contributed by atoms with Gasteiger partial charge in [0.05, 0.1) is 21.3 Å². The van der Waals surface area contributed by atoms with E-state index in [1.54, 1.807) is 41.6 Å². The van der Waals surface area contributed by atoms with Crippen molar-refractivity contribution in [3.8, 4) is 17.2 Å². The molecule has 164 valence electrons. The van der Waals surface area contributed by atoms with Gasteiger partial charge < -0.3 is 24.4 Å². The number of pyridine rings is 1. The molecule has 32 heavy (non-hydrogen) atoms. The van der Waals surface area contributed by atoms with Crippen LogP contribution in [0.4, 0.5) is 11.4 Å². The van der Waals surface area contributed by atoms with Crippen LogP contribution in [0.25, 0.3) is 0 Å². The summed E-state index contributed by atoms with van der Waals surface area (Å²) in [6.45, 7) is 0.584. The van der Waals surface area contributed by atoms with Crippen molar-refractivity contribution >= 4 is 23.2 Å². The number of fused-ring (bicyclic) bond motifs is 1. The van der Waals surface area contributed by atoms with Crippen LogP contribution in [0, 0.1) is 0 Å². The zero-order valence-corrected chi connectivity index (χ0v) is 18.0. The Morgan fingerprint density at radius 3 is 2.22 bits per heavy atom. The highest BCUT2D eigenvalue weighted by atomic mass is 16.5. The number of amides is 2. The van der Waals surface area contributed by atoms with Crippen molar-refractivity contribution in [2.24, 2.45) is 0 Å². The van der Waals surface area contributed by atoms with Gasteiger partial charge in [0.2, 0.25) is 5.75 Å². The molecule has 2 aromatic carbocycles. The Hall–Kier alpha value is -4.07. The van der Waals surface area contributed by atoms with E-state index >= 15 is 0 Å². The molecule has 2 amide bonds. The fourth-order valence-electron chi connectivity index (χ4n) is 3.73. The van der Waals surface area contributed by atoms with Crippen LogP contribution < -0.4 is 24.4 Å². The highest BCUT2D eigenvalue weighted by molar-refractivity contribution is 6.08. The van der Waals surface area contributed by atoms with Crippen molar-refractivity contribution in [2.45, 2.75) is 6.42 Å². The summed E-state index contributed by atoms with van der Waals surface area (Å²) in [6.07, 6.45) is 3.95. The second kappa shape index (κ2) is 8.97. The minimum atomic E-state index is -0.339.